The summed E-state index contributed by atoms with van der Waals surface area (Å²) >= 11 is 5.35. The van der Waals surface area contributed by atoms with Crippen LogP contribution in [0.4, 0.5) is 11.4 Å². The number of hydrogen-bond donors (Lipinski definition) is 1. The topological polar surface area (TPSA) is 52.7 Å². The van der Waals surface area contributed by atoms with E-state index in [1.54, 1.807) is 6.08 Å². The molecule has 1 N–H and O–H groups in total. The van der Waals surface area contributed by atoms with E-state index >= 15 is 0 Å². The summed E-state index contributed by atoms with van der Waals surface area (Å²) in [6.07, 6.45) is 2.72. The van der Waals surface area contributed by atoms with E-state index in [9.17, 15) is 9.59 Å². The van der Waals surface area contributed by atoms with Crippen LogP contribution in [0.1, 0.15) is 62.3 Å². The lowest BCUT2D eigenvalue weighted by Gasteiger charge is -2.47. The van der Waals surface area contributed by atoms with Crippen molar-refractivity contribution in [1.29, 1.82) is 0 Å². The van der Waals surface area contributed by atoms with Crippen molar-refractivity contribution in [3.8, 4) is 0 Å². The molecular formula is C27H31N3O2S. The van der Waals surface area contributed by atoms with Gasteiger partial charge in [0.15, 0.2) is 5.11 Å². The number of benzene rings is 2. The van der Waals surface area contributed by atoms with Gasteiger partial charge in [0, 0.05) is 17.8 Å². The summed E-state index contributed by atoms with van der Waals surface area (Å²) in [5.74, 6) is -0.491. The second-order valence-electron chi connectivity index (χ2n) is 9.78. The maximum absolute atomic E-state index is 13.4. The first-order valence-corrected chi connectivity index (χ1v) is 11.8. The van der Waals surface area contributed by atoms with Crippen LogP contribution in [-0.2, 0) is 9.59 Å². The number of fused-ring (bicyclic) bond motifs is 1. The summed E-state index contributed by atoms with van der Waals surface area (Å²) in [5, 5.41) is 2.79. The van der Waals surface area contributed by atoms with E-state index < -0.39 is 11.8 Å². The van der Waals surface area contributed by atoms with Gasteiger partial charge in [-0.05, 0) is 112 Å². The minimum absolute atomic E-state index is 0.0823. The highest BCUT2D eigenvalue weighted by atomic mass is 32.1. The molecule has 1 atom stereocenters. The monoisotopic (exact) mass is 461 g/mol. The van der Waals surface area contributed by atoms with Gasteiger partial charge < -0.3 is 4.90 Å². The molecule has 0 aliphatic carbocycles. The van der Waals surface area contributed by atoms with Crippen LogP contribution in [0.3, 0.4) is 0 Å². The lowest BCUT2D eigenvalue weighted by Crippen LogP contribution is -2.54. The van der Waals surface area contributed by atoms with Crippen molar-refractivity contribution >= 4 is 46.6 Å². The maximum atomic E-state index is 13.4. The quantitative estimate of drug-likeness (QED) is 0.386. The van der Waals surface area contributed by atoms with E-state index in [-0.39, 0.29) is 16.2 Å². The fourth-order valence-corrected chi connectivity index (χ4v) is 5.62. The Morgan fingerprint density at radius 2 is 1.79 bits per heavy atom. The highest BCUT2D eigenvalue weighted by Crippen LogP contribution is 2.43. The Morgan fingerprint density at radius 1 is 1.12 bits per heavy atom. The minimum Gasteiger partial charge on any atom is -0.366 e. The normalized spacial score (nSPS) is 21.3. The Labute approximate surface area is 201 Å². The molecule has 0 spiro atoms. The first-order valence-electron chi connectivity index (χ1n) is 11.4. The molecule has 6 heteroatoms. The van der Waals surface area contributed by atoms with Crippen LogP contribution in [-0.4, -0.2) is 29.0 Å². The fraction of sp³-hybridized carbons (Fsp3) is 0.370. The Hall–Kier alpha value is -2.99. The van der Waals surface area contributed by atoms with E-state index in [1.165, 1.54) is 16.2 Å². The number of thiocarbonyl (C=S) groups is 1. The molecule has 172 valence electrons. The molecule has 1 fully saturated rings. The van der Waals surface area contributed by atoms with Crippen molar-refractivity contribution in [2.45, 2.75) is 59.4 Å². The van der Waals surface area contributed by atoms with Crippen LogP contribution in [0.2, 0.25) is 0 Å². The van der Waals surface area contributed by atoms with Gasteiger partial charge in [-0.25, -0.2) is 0 Å². The third-order valence-corrected chi connectivity index (χ3v) is 6.89. The van der Waals surface area contributed by atoms with Crippen LogP contribution in [0, 0.1) is 13.8 Å². The molecule has 2 aromatic carbocycles. The molecule has 1 saturated heterocycles. The Balaban J connectivity index is 1.74. The summed E-state index contributed by atoms with van der Waals surface area (Å²) < 4.78 is 0. The van der Waals surface area contributed by atoms with Gasteiger partial charge in [-0.2, -0.15) is 0 Å². The van der Waals surface area contributed by atoms with Crippen molar-refractivity contribution in [3.63, 3.8) is 0 Å². The van der Waals surface area contributed by atoms with Crippen LogP contribution >= 0.6 is 12.2 Å². The fourth-order valence-electron chi connectivity index (χ4n) is 5.34. The van der Waals surface area contributed by atoms with Crippen LogP contribution in [0.15, 0.2) is 42.0 Å². The number of rotatable bonds is 3. The molecule has 33 heavy (non-hydrogen) atoms. The molecule has 0 radical (unpaired) electrons. The SMILES string of the molecule is CCN1c2ccc(/C=C3/C(=O)NC(=S)N(c4cc(C)cc(C)c4)C3=O)cc2C(C)CC1(C)C. The number of carbonyl (C=O) groups excluding carboxylic acids is 2. The number of aryl methyl sites for hydroxylation is 2. The molecule has 2 aliphatic heterocycles. The molecule has 0 bridgehead atoms. The summed E-state index contributed by atoms with van der Waals surface area (Å²) in [4.78, 5) is 30.0. The van der Waals surface area contributed by atoms with Gasteiger partial charge in [-0.1, -0.05) is 19.1 Å². The lowest BCUT2D eigenvalue weighted by atomic mass is 9.79. The minimum atomic E-state index is -0.465. The zero-order valence-electron chi connectivity index (χ0n) is 20.2. The number of carbonyl (C=O) groups is 2. The number of amides is 2. The number of nitrogens with one attached hydrogen (secondary N) is 1. The van der Waals surface area contributed by atoms with Crippen LogP contribution in [0.25, 0.3) is 6.08 Å². The van der Waals surface area contributed by atoms with Crippen molar-refractivity contribution in [2.24, 2.45) is 0 Å². The molecule has 4 rings (SSSR count). The van der Waals surface area contributed by atoms with Gasteiger partial charge in [0.05, 0.1) is 5.69 Å². The molecular weight excluding hydrogens is 430 g/mol. The zero-order chi connectivity index (χ0) is 24.1. The summed E-state index contributed by atoms with van der Waals surface area (Å²) in [6, 6.07) is 12.0. The van der Waals surface area contributed by atoms with E-state index in [2.05, 4.69) is 50.0 Å². The Bertz CT molecular complexity index is 1180. The molecule has 5 nitrogen and oxygen atoms in total. The van der Waals surface area contributed by atoms with E-state index in [0.717, 1.165) is 29.7 Å². The summed E-state index contributed by atoms with van der Waals surface area (Å²) in [5.41, 5.74) is 6.18. The maximum Gasteiger partial charge on any atom is 0.270 e. The highest BCUT2D eigenvalue weighted by Gasteiger charge is 2.37. The van der Waals surface area contributed by atoms with Gasteiger partial charge in [0.25, 0.3) is 11.8 Å². The van der Waals surface area contributed by atoms with Crippen LogP contribution < -0.4 is 15.1 Å². The predicted octanol–water partition coefficient (Wildman–Crippen LogP) is 5.25. The van der Waals surface area contributed by atoms with Gasteiger partial charge in [0.2, 0.25) is 0 Å². The molecule has 2 amide bonds. The summed E-state index contributed by atoms with van der Waals surface area (Å²) in [6.45, 7) is 13.8. The van der Waals surface area contributed by atoms with E-state index in [4.69, 9.17) is 12.2 Å². The lowest BCUT2D eigenvalue weighted by molar-refractivity contribution is -0.122. The van der Waals surface area contributed by atoms with Gasteiger partial charge in [-0.15, -0.1) is 0 Å². The number of nitrogens with zero attached hydrogens (tertiary/aromatic N) is 2. The molecule has 0 saturated carbocycles. The van der Waals surface area contributed by atoms with Crippen LogP contribution in [0.5, 0.6) is 0 Å². The van der Waals surface area contributed by atoms with Crippen molar-refractivity contribution < 1.29 is 9.59 Å². The predicted molar refractivity (Wildman–Crippen MR) is 139 cm³/mol. The van der Waals surface area contributed by atoms with Crippen molar-refractivity contribution in [2.75, 3.05) is 16.3 Å². The van der Waals surface area contributed by atoms with Gasteiger partial charge in [-0.3, -0.25) is 19.8 Å². The highest BCUT2D eigenvalue weighted by molar-refractivity contribution is 7.80. The molecule has 2 aliphatic rings. The standard InChI is InChI=1S/C27H31N3O2S/c1-7-29-23-9-8-19(13-21(23)18(4)15-27(29,5)6)14-22-24(31)28-26(33)30(25(22)32)20-11-16(2)10-17(3)12-20/h8-14,18H,7,15H2,1-6H3,(H,28,31,33)/b22-14-. The van der Waals surface area contributed by atoms with E-state index in [1.807, 2.05) is 38.1 Å². The third-order valence-electron chi connectivity index (χ3n) is 6.60. The number of hydrogen-bond acceptors (Lipinski definition) is 4. The van der Waals surface area contributed by atoms with Gasteiger partial charge >= 0.3 is 0 Å². The van der Waals surface area contributed by atoms with Crippen molar-refractivity contribution in [3.05, 3.63) is 64.2 Å². The molecule has 0 aromatic heterocycles. The first-order chi connectivity index (χ1) is 15.5. The summed E-state index contributed by atoms with van der Waals surface area (Å²) in [7, 11) is 0. The first kappa shape index (κ1) is 23.2. The largest absolute Gasteiger partial charge is 0.366 e. The molecule has 2 heterocycles. The molecule has 2 aromatic rings. The van der Waals surface area contributed by atoms with Crippen molar-refractivity contribution in [1.82, 2.24) is 5.32 Å². The van der Waals surface area contributed by atoms with Gasteiger partial charge in [0.1, 0.15) is 5.57 Å². The third kappa shape index (κ3) is 4.20. The average molecular weight is 462 g/mol. The Morgan fingerprint density at radius 3 is 2.42 bits per heavy atom. The molecule has 1 unspecified atom stereocenters. The van der Waals surface area contributed by atoms with E-state index in [0.29, 0.717) is 11.6 Å². The Kier molecular flexibility index (Phi) is 5.91. The average Bonchev–Trinajstić information content (AvgIpc) is 2.70. The zero-order valence-corrected chi connectivity index (χ0v) is 21.0. The smallest absolute Gasteiger partial charge is 0.270 e. The number of anilines is 2. The second-order valence-corrected chi connectivity index (χ2v) is 10.2. The second kappa shape index (κ2) is 8.41.